The van der Waals surface area contributed by atoms with Gasteiger partial charge < -0.3 is 16.4 Å². The van der Waals surface area contributed by atoms with E-state index in [1.165, 1.54) is 11.3 Å². The third kappa shape index (κ3) is 2.96. The van der Waals surface area contributed by atoms with Gasteiger partial charge in [0, 0.05) is 24.5 Å². The standard InChI is InChI=1S/C14H19N3/c15-9-8-14(16)12-5-4-10-17(11-12)13-6-2-1-3-7-13/h1-7,10,14H,8-9,11,15-16H2. The summed E-state index contributed by atoms with van der Waals surface area (Å²) in [7, 11) is 0. The Kier molecular flexibility index (Phi) is 3.96. The van der Waals surface area contributed by atoms with Crippen molar-refractivity contribution >= 4 is 5.69 Å². The average Bonchev–Trinajstić information content (AvgIpc) is 2.40. The highest BCUT2D eigenvalue weighted by Crippen LogP contribution is 2.19. The van der Waals surface area contributed by atoms with Crippen molar-refractivity contribution < 1.29 is 0 Å². The van der Waals surface area contributed by atoms with Gasteiger partial charge in [-0.15, -0.1) is 0 Å². The van der Waals surface area contributed by atoms with Crippen molar-refractivity contribution in [3.05, 3.63) is 54.3 Å². The van der Waals surface area contributed by atoms with Gasteiger partial charge in [0.15, 0.2) is 0 Å². The molecule has 3 heteroatoms. The van der Waals surface area contributed by atoms with Gasteiger partial charge in [-0.25, -0.2) is 0 Å². The zero-order chi connectivity index (χ0) is 12.1. The largest absolute Gasteiger partial charge is 0.344 e. The fraction of sp³-hybridized carbons (Fsp3) is 0.286. The van der Waals surface area contributed by atoms with Crippen LogP contribution >= 0.6 is 0 Å². The lowest BCUT2D eigenvalue weighted by atomic mass is 10.0. The number of anilines is 1. The molecular weight excluding hydrogens is 210 g/mol. The number of allylic oxidation sites excluding steroid dienone is 2. The van der Waals surface area contributed by atoms with Gasteiger partial charge in [-0.05, 0) is 36.7 Å². The van der Waals surface area contributed by atoms with Crippen LogP contribution in [0.1, 0.15) is 6.42 Å². The molecule has 0 saturated heterocycles. The molecule has 1 aliphatic rings. The minimum absolute atomic E-state index is 0.0659. The van der Waals surface area contributed by atoms with Crippen LogP contribution in [0.15, 0.2) is 54.3 Å². The number of hydrogen-bond acceptors (Lipinski definition) is 3. The van der Waals surface area contributed by atoms with Crippen molar-refractivity contribution in [3.8, 4) is 0 Å². The van der Waals surface area contributed by atoms with E-state index in [2.05, 4.69) is 29.3 Å². The molecular formula is C14H19N3. The van der Waals surface area contributed by atoms with Crippen molar-refractivity contribution in [1.82, 2.24) is 0 Å². The van der Waals surface area contributed by atoms with Crippen molar-refractivity contribution in [3.63, 3.8) is 0 Å². The minimum atomic E-state index is 0.0659. The summed E-state index contributed by atoms with van der Waals surface area (Å²) < 4.78 is 0. The molecule has 1 aromatic carbocycles. The third-order valence-corrected chi connectivity index (χ3v) is 2.97. The van der Waals surface area contributed by atoms with E-state index >= 15 is 0 Å². The summed E-state index contributed by atoms with van der Waals surface area (Å²) in [6.07, 6.45) is 7.05. The van der Waals surface area contributed by atoms with E-state index in [1.54, 1.807) is 0 Å². The molecule has 0 amide bonds. The molecule has 2 rings (SSSR count). The van der Waals surface area contributed by atoms with Crippen LogP contribution in [0.4, 0.5) is 5.69 Å². The van der Waals surface area contributed by atoms with Crippen LogP contribution in [0.5, 0.6) is 0 Å². The third-order valence-electron chi connectivity index (χ3n) is 2.97. The molecule has 1 aliphatic heterocycles. The van der Waals surface area contributed by atoms with Crippen LogP contribution in [-0.4, -0.2) is 19.1 Å². The van der Waals surface area contributed by atoms with Crippen LogP contribution < -0.4 is 16.4 Å². The molecule has 1 aromatic rings. The summed E-state index contributed by atoms with van der Waals surface area (Å²) in [6, 6.07) is 10.4. The molecule has 0 bridgehead atoms. The molecule has 1 unspecified atom stereocenters. The maximum atomic E-state index is 6.09. The van der Waals surface area contributed by atoms with E-state index in [4.69, 9.17) is 11.5 Å². The highest BCUT2D eigenvalue weighted by Gasteiger charge is 2.14. The van der Waals surface area contributed by atoms with E-state index in [0.717, 1.165) is 13.0 Å². The fourth-order valence-corrected chi connectivity index (χ4v) is 1.98. The summed E-state index contributed by atoms with van der Waals surface area (Å²) in [5.74, 6) is 0. The van der Waals surface area contributed by atoms with Gasteiger partial charge in [-0.1, -0.05) is 24.3 Å². The molecule has 17 heavy (non-hydrogen) atoms. The average molecular weight is 229 g/mol. The van der Waals surface area contributed by atoms with Crippen molar-refractivity contribution in [2.45, 2.75) is 12.5 Å². The molecule has 0 radical (unpaired) electrons. The summed E-state index contributed by atoms with van der Waals surface area (Å²) in [6.45, 7) is 1.48. The maximum Gasteiger partial charge on any atom is 0.0453 e. The van der Waals surface area contributed by atoms with E-state index in [9.17, 15) is 0 Å². The summed E-state index contributed by atoms with van der Waals surface area (Å²) >= 11 is 0. The van der Waals surface area contributed by atoms with Gasteiger partial charge in [0.05, 0.1) is 0 Å². The molecule has 4 N–H and O–H groups in total. The molecule has 0 saturated carbocycles. The Morgan fingerprint density at radius 2 is 2.00 bits per heavy atom. The summed E-state index contributed by atoms with van der Waals surface area (Å²) in [4.78, 5) is 2.20. The van der Waals surface area contributed by atoms with Crippen LogP contribution in [0.3, 0.4) is 0 Å². The smallest absolute Gasteiger partial charge is 0.0453 e. The highest BCUT2D eigenvalue weighted by atomic mass is 15.1. The minimum Gasteiger partial charge on any atom is -0.344 e. The number of nitrogens with zero attached hydrogens (tertiary/aromatic N) is 1. The molecule has 0 aliphatic carbocycles. The van der Waals surface area contributed by atoms with Gasteiger partial charge >= 0.3 is 0 Å². The quantitative estimate of drug-likeness (QED) is 0.825. The monoisotopic (exact) mass is 229 g/mol. The first-order valence-corrected chi connectivity index (χ1v) is 5.96. The Balaban J connectivity index is 2.07. The molecule has 3 nitrogen and oxygen atoms in total. The molecule has 1 atom stereocenters. The van der Waals surface area contributed by atoms with Crippen LogP contribution in [-0.2, 0) is 0 Å². The van der Waals surface area contributed by atoms with Crippen molar-refractivity contribution in [2.24, 2.45) is 11.5 Å². The van der Waals surface area contributed by atoms with Gasteiger partial charge in [0.1, 0.15) is 0 Å². The van der Waals surface area contributed by atoms with Gasteiger partial charge in [-0.3, -0.25) is 0 Å². The Morgan fingerprint density at radius 3 is 2.71 bits per heavy atom. The molecule has 90 valence electrons. The van der Waals surface area contributed by atoms with Gasteiger partial charge in [-0.2, -0.15) is 0 Å². The zero-order valence-electron chi connectivity index (χ0n) is 9.92. The number of para-hydroxylation sites is 1. The first-order chi connectivity index (χ1) is 8.31. The molecule has 0 spiro atoms. The Hall–Kier alpha value is -1.58. The van der Waals surface area contributed by atoms with Gasteiger partial charge in [0.25, 0.3) is 0 Å². The van der Waals surface area contributed by atoms with Crippen LogP contribution in [0.2, 0.25) is 0 Å². The lowest BCUT2D eigenvalue weighted by Crippen LogP contribution is -2.33. The number of hydrogen-bond donors (Lipinski definition) is 2. The van der Waals surface area contributed by atoms with E-state index in [-0.39, 0.29) is 6.04 Å². The SMILES string of the molecule is NCCC(N)C1=CC=CN(c2ccccc2)C1. The van der Waals surface area contributed by atoms with E-state index in [0.29, 0.717) is 6.54 Å². The second kappa shape index (κ2) is 5.66. The van der Waals surface area contributed by atoms with E-state index in [1.807, 2.05) is 24.3 Å². The highest BCUT2D eigenvalue weighted by molar-refractivity contribution is 5.52. The Bertz CT molecular complexity index is 409. The number of rotatable bonds is 4. The predicted molar refractivity (Wildman–Crippen MR) is 72.7 cm³/mol. The lowest BCUT2D eigenvalue weighted by Gasteiger charge is -2.27. The second-order valence-electron chi connectivity index (χ2n) is 4.23. The number of nitrogens with two attached hydrogens (primary N) is 2. The predicted octanol–water partition coefficient (Wildman–Crippen LogP) is 1.62. The molecule has 1 heterocycles. The van der Waals surface area contributed by atoms with E-state index < -0.39 is 0 Å². The van der Waals surface area contributed by atoms with Crippen LogP contribution in [0.25, 0.3) is 0 Å². The second-order valence-corrected chi connectivity index (χ2v) is 4.23. The zero-order valence-corrected chi connectivity index (χ0v) is 9.92. The fourth-order valence-electron chi connectivity index (χ4n) is 1.98. The van der Waals surface area contributed by atoms with Crippen LogP contribution in [0, 0.1) is 0 Å². The summed E-state index contributed by atoms with van der Waals surface area (Å²) in [5.41, 5.74) is 14.1. The lowest BCUT2D eigenvalue weighted by molar-refractivity contribution is 0.680. The normalized spacial score (nSPS) is 16.8. The topological polar surface area (TPSA) is 55.3 Å². The van der Waals surface area contributed by atoms with Crippen molar-refractivity contribution in [1.29, 1.82) is 0 Å². The molecule has 0 fully saturated rings. The summed E-state index contributed by atoms with van der Waals surface area (Å²) in [5, 5.41) is 0. The first kappa shape index (κ1) is 11.9. The first-order valence-electron chi connectivity index (χ1n) is 5.96. The van der Waals surface area contributed by atoms with Crippen molar-refractivity contribution in [2.75, 3.05) is 18.0 Å². The Labute approximate surface area is 102 Å². The number of benzene rings is 1. The molecule has 0 aromatic heterocycles. The Morgan fingerprint density at radius 1 is 1.24 bits per heavy atom. The van der Waals surface area contributed by atoms with Gasteiger partial charge in [0.2, 0.25) is 0 Å². The maximum absolute atomic E-state index is 6.09.